The van der Waals surface area contributed by atoms with Crippen LogP contribution in [0.1, 0.15) is 37.3 Å². The molecule has 0 spiro atoms. The van der Waals surface area contributed by atoms with Gasteiger partial charge in [-0.05, 0) is 24.7 Å². The highest BCUT2D eigenvalue weighted by Crippen LogP contribution is 2.56. The molecule has 1 heterocycles. The third-order valence-corrected chi connectivity index (χ3v) is 3.90. The van der Waals surface area contributed by atoms with E-state index in [2.05, 4.69) is 11.2 Å². The van der Waals surface area contributed by atoms with E-state index >= 15 is 0 Å². The van der Waals surface area contributed by atoms with Gasteiger partial charge in [0.25, 0.3) is 0 Å². The molecule has 1 aromatic heterocycles. The van der Waals surface area contributed by atoms with E-state index < -0.39 is 0 Å². The van der Waals surface area contributed by atoms with Crippen LogP contribution >= 0.6 is 0 Å². The normalized spacial score (nSPS) is 35.4. The van der Waals surface area contributed by atoms with Crippen LogP contribution < -0.4 is 5.73 Å². The van der Waals surface area contributed by atoms with Crippen molar-refractivity contribution in [2.45, 2.75) is 31.6 Å². The Balaban J connectivity index is 1.87. The molecule has 3 unspecified atom stereocenters. The van der Waals surface area contributed by atoms with Crippen molar-refractivity contribution in [1.29, 1.82) is 0 Å². The van der Waals surface area contributed by atoms with Crippen LogP contribution in [0, 0.1) is 11.8 Å². The molecule has 2 fully saturated rings. The minimum Gasteiger partial charge on any atom is -0.384 e. The summed E-state index contributed by atoms with van der Waals surface area (Å²) in [5.41, 5.74) is 7.04. The Morgan fingerprint density at radius 2 is 2.36 bits per heavy atom. The molecule has 2 aliphatic rings. The van der Waals surface area contributed by atoms with Crippen LogP contribution in [0.4, 0.5) is 5.82 Å². The van der Waals surface area contributed by atoms with Crippen LogP contribution in [0.15, 0.2) is 6.07 Å². The number of nitrogens with zero attached hydrogens (tertiary/aromatic N) is 2. The van der Waals surface area contributed by atoms with Crippen molar-refractivity contribution in [3.63, 3.8) is 0 Å². The highest BCUT2D eigenvalue weighted by atomic mass is 15.3. The second-order valence-corrected chi connectivity index (χ2v) is 4.81. The van der Waals surface area contributed by atoms with Gasteiger partial charge in [-0.15, -0.1) is 0 Å². The molecule has 3 rings (SSSR count). The molecule has 2 aliphatic carbocycles. The van der Waals surface area contributed by atoms with Gasteiger partial charge < -0.3 is 5.73 Å². The zero-order chi connectivity index (χ0) is 9.71. The quantitative estimate of drug-likeness (QED) is 0.736. The maximum absolute atomic E-state index is 5.81. The maximum atomic E-state index is 5.81. The first kappa shape index (κ1) is 8.33. The first-order valence-electron chi connectivity index (χ1n) is 5.55. The first-order valence-corrected chi connectivity index (χ1v) is 5.55. The van der Waals surface area contributed by atoms with Crippen LogP contribution in [0.25, 0.3) is 0 Å². The van der Waals surface area contributed by atoms with Crippen molar-refractivity contribution in [3.05, 3.63) is 11.8 Å². The Morgan fingerprint density at radius 1 is 1.50 bits per heavy atom. The van der Waals surface area contributed by atoms with E-state index in [1.165, 1.54) is 31.4 Å². The number of anilines is 1. The number of rotatable bonds is 1. The number of nitrogens with two attached hydrogens (primary N) is 1. The average molecular weight is 191 g/mol. The Hall–Kier alpha value is -0.990. The molecule has 2 N–H and O–H groups in total. The summed E-state index contributed by atoms with van der Waals surface area (Å²) in [7, 11) is 1.92. The molecular weight excluding hydrogens is 174 g/mol. The number of hydrogen-bond acceptors (Lipinski definition) is 2. The van der Waals surface area contributed by atoms with Gasteiger partial charge in [-0.3, -0.25) is 4.68 Å². The van der Waals surface area contributed by atoms with E-state index in [0.29, 0.717) is 5.92 Å². The zero-order valence-electron chi connectivity index (χ0n) is 8.61. The summed E-state index contributed by atoms with van der Waals surface area (Å²) in [6.45, 7) is 0. The van der Waals surface area contributed by atoms with Crippen molar-refractivity contribution in [2.24, 2.45) is 18.9 Å². The van der Waals surface area contributed by atoms with Crippen molar-refractivity contribution in [3.8, 4) is 0 Å². The van der Waals surface area contributed by atoms with Gasteiger partial charge in [0.05, 0.1) is 5.69 Å². The minimum absolute atomic E-state index is 0.706. The summed E-state index contributed by atoms with van der Waals surface area (Å²) >= 11 is 0. The lowest BCUT2D eigenvalue weighted by Gasteiger charge is -2.18. The Labute approximate surface area is 84.3 Å². The summed E-state index contributed by atoms with van der Waals surface area (Å²) < 4.78 is 1.79. The molecule has 0 amide bonds. The van der Waals surface area contributed by atoms with Gasteiger partial charge in [-0.1, -0.05) is 12.8 Å². The van der Waals surface area contributed by atoms with Gasteiger partial charge in [-0.25, -0.2) is 0 Å². The fourth-order valence-electron chi connectivity index (χ4n) is 2.96. The summed E-state index contributed by atoms with van der Waals surface area (Å²) in [4.78, 5) is 0. The first-order chi connectivity index (χ1) is 6.75. The number of aromatic nitrogens is 2. The van der Waals surface area contributed by atoms with Crippen LogP contribution in [-0.4, -0.2) is 9.78 Å². The fourth-order valence-corrected chi connectivity index (χ4v) is 2.96. The lowest BCUT2D eigenvalue weighted by Crippen LogP contribution is -2.09. The zero-order valence-corrected chi connectivity index (χ0v) is 8.61. The minimum atomic E-state index is 0.706. The molecule has 76 valence electrons. The van der Waals surface area contributed by atoms with Crippen LogP contribution in [0.3, 0.4) is 0 Å². The van der Waals surface area contributed by atoms with Crippen molar-refractivity contribution in [1.82, 2.24) is 9.78 Å². The Kier molecular flexibility index (Phi) is 1.64. The Bertz CT molecular complexity index is 336. The predicted molar refractivity (Wildman–Crippen MR) is 55.8 cm³/mol. The van der Waals surface area contributed by atoms with Crippen molar-refractivity contribution < 1.29 is 0 Å². The maximum Gasteiger partial charge on any atom is 0.121 e. The molecule has 0 radical (unpaired) electrons. The molecule has 0 aromatic carbocycles. The Morgan fingerprint density at radius 3 is 3.07 bits per heavy atom. The smallest absolute Gasteiger partial charge is 0.121 e. The van der Waals surface area contributed by atoms with E-state index in [1.54, 1.807) is 4.68 Å². The van der Waals surface area contributed by atoms with Crippen LogP contribution in [0.2, 0.25) is 0 Å². The number of hydrogen-bond donors (Lipinski definition) is 1. The number of nitrogen functional groups attached to an aromatic ring is 1. The van der Waals surface area contributed by atoms with Gasteiger partial charge in [0.2, 0.25) is 0 Å². The average Bonchev–Trinajstić information content (AvgIpc) is 2.88. The third kappa shape index (κ3) is 1.15. The lowest BCUT2D eigenvalue weighted by molar-refractivity contribution is 0.411. The van der Waals surface area contributed by atoms with E-state index in [0.717, 1.165) is 17.7 Å². The second-order valence-electron chi connectivity index (χ2n) is 4.81. The summed E-state index contributed by atoms with van der Waals surface area (Å²) in [5.74, 6) is 3.44. The van der Waals surface area contributed by atoms with Crippen molar-refractivity contribution >= 4 is 5.82 Å². The van der Waals surface area contributed by atoms with Gasteiger partial charge in [-0.2, -0.15) is 5.10 Å². The highest BCUT2D eigenvalue weighted by Gasteiger charge is 2.46. The molecule has 1 aromatic rings. The topological polar surface area (TPSA) is 43.8 Å². The van der Waals surface area contributed by atoms with Crippen LogP contribution in [-0.2, 0) is 7.05 Å². The van der Waals surface area contributed by atoms with Gasteiger partial charge in [0.1, 0.15) is 5.82 Å². The lowest BCUT2D eigenvalue weighted by atomic mass is 9.87. The molecule has 3 nitrogen and oxygen atoms in total. The monoisotopic (exact) mass is 191 g/mol. The molecule has 3 heteroatoms. The molecule has 14 heavy (non-hydrogen) atoms. The predicted octanol–water partition coefficient (Wildman–Crippen LogP) is 1.91. The SMILES string of the molecule is Cn1nc(C2CCCC3CC32)cc1N. The van der Waals surface area contributed by atoms with E-state index in [9.17, 15) is 0 Å². The molecular formula is C11H17N3. The molecule has 3 atom stereocenters. The summed E-state index contributed by atoms with van der Waals surface area (Å²) in [6, 6.07) is 2.06. The molecule has 0 bridgehead atoms. The van der Waals surface area contributed by atoms with E-state index in [1.807, 2.05) is 7.05 Å². The third-order valence-electron chi connectivity index (χ3n) is 3.90. The second kappa shape index (κ2) is 2.75. The summed E-state index contributed by atoms with van der Waals surface area (Å²) in [6.07, 6.45) is 5.57. The van der Waals surface area contributed by atoms with Gasteiger partial charge >= 0.3 is 0 Å². The summed E-state index contributed by atoms with van der Waals surface area (Å²) in [5, 5.41) is 4.50. The fraction of sp³-hybridized carbons (Fsp3) is 0.727. The molecule has 0 saturated heterocycles. The highest BCUT2D eigenvalue weighted by molar-refractivity contribution is 5.33. The number of fused-ring (bicyclic) bond motifs is 1. The largest absolute Gasteiger partial charge is 0.384 e. The number of aryl methyl sites for hydroxylation is 1. The van der Waals surface area contributed by atoms with E-state index in [-0.39, 0.29) is 0 Å². The van der Waals surface area contributed by atoms with Crippen molar-refractivity contribution in [2.75, 3.05) is 5.73 Å². The van der Waals surface area contributed by atoms with Gasteiger partial charge in [0, 0.05) is 19.0 Å². The van der Waals surface area contributed by atoms with E-state index in [4.69, 9.17) is 5.73 Å². The van der Waals surface area contributed by atoms with Crippen LogP contribution in [0.5, 0.6) is 0 Å². The molecule has 2 saturated carbocycles. The standard InChI is InChI=1S/C11H17N3/c1-14-11(12)6-10(13-14)8-4-2-3-7-5-9(7)8/h6-9H,2-5,12H2,1H3. The molecule has 0 aliphatic heterocycles. The van der Waals surface area contributed by atoms with Gasteiger partial charge in [0.15, 0.2) is 0 Å².